The number of amides is 1. The third-order valence-electron chi connectivity index (χ3n) is 3.34. The number of carbonyl (C=O) groups is 1. The summed E-state index contributed by atoms with van der Waals surface area (Å²) in [5.41, 5.74) is 8.34. The second-order valence-corrected chi connectivity index (χ2v) is 4.75. The number of aromatic nitrogens is 1. The predicted octanol–water partition coefficient (Wildman–Crippen LogP) is 2.87. The molecule has 0 fully saturated rings. The van der Waals surface area contributed by atoms with Crippen LogP contribution in [0.15, 0.2) is 66.9 Å². The first-order valence-corrected chi connectivity index (χ1v) is 6.71. The van der Waals surface area contributed by atoms with E-state index in [2.05, 4.69) is 10.3 Å². The smallest absolute Gasteiger partial charge is 0.245 e. The molecular weight excluding hydrogens is 262 g/mol. The predicted molar refractivity (Wildman–Crippen MR) is 83.7 cm³/mol. The molecule has 0 spiro atoms. The Bertz CT molecular complexity index is 766. The van der Waals surface area contributed by atoms with Gasteiger partial charge in [0.05, 0.1) is 11.2 Å². The van der Waals surface area contributed by atoms with E-state index in [1.54, 1.807) is 6.20 Å². The van der Waals surface area contributed by atoms with Crippen LogP contribution in [0.2, 0.25) is 0 Å². The largest absolute Gasteiger partial charge is 0.324 e. The number of benzene rings is 2. The van der Waals surface area contributed by atoms with Gasteiger partial charge in [-0.3, -0.25) is 9.78 Å². The fraction of sp³-hybridized carbons (Fsp3) is 0.0588. The topological polar surface area (TPSA) is 68.0 Å². The highest BCUT2D eigenvalue weighted by atomic mass is 16.2. The van der Waals surface area contributed by atoms with Crippen LogP contribution in [0.5, 0.6) is 0 Å². The zero-order valence-electron chi connectivity index (χ0n) is 11.4. The van der Waals surface area contributed by atoms with Crippen molar-refractivity contribution in [3.05, 3.63) is 72.4 Å². The SMILES string of the molecule is NC(C(=O)Nc1cccc2ncccc12)c1ccccc1. The highest BCUT2D eigenvalue weighted by Gasteiger charge is 2.16. The van der Waals surface area contributed by atoms with E-state index in [9.17, 15) is 4.79 Å². The molecule has 0 radical (unpaired) electrons. The van der Waals surface area contributed by atoms with E-state index >= 15 is 0 Å². The number of rotatable bonds is 3. The molecule has 1 unspecified atom stereocenters. The van der Waals surface area contributed by atoms with Gasteiger partial charge in [-0.05, 0) is 29.8 Å². The van der Waals surface area contributed by atoms with Crippen molar-refractivity contribution in [3.8, 4) is 0 Å². The molecule has 104 valence electrons. The van der Waals surface area contributed by atoms with Gasteiger partial charge in [-0.2, -0.15) is 0 Å². The number of carbonyl (C=O) groups excluding carboxylic acids is 1. The van der Waals surface area contributed by atoms with Crippen molar-refractivity contribution in [2.75, 3.05) is 5.32 Å². The average molecular weight is 277 g/mol. The number of fused-ring (bicyclic) bond motifs is 1. The van der Waals surface area contributed by atoms with E-state index in [1.807, 2.05) is 60.7 Å². The molecule has 2 aromatic carbocycles. The third kappa shape index (κ3) is 2.75. The molecule has 0 saturated carbocycles. The number of hydrogen-bond donors (Lipinski definition) is 2. The molecule has 0 aliphatic heterocycles. The lowest BCUT2D eigenvalue weighted by Crippen LogP contribution is -2.27. The first kappa shape index (κ1) is 13.3. The highest BCUT2D eigenvalue weighted by Crippen LogP contribution is 2.22. The maximum absolute atomic E-state index is 12.3. The number of hydrogen-bond acceptors (Lipinski definition) is 3. The Morgan fingerprint density at radius 2 is 1.81 bits per heavy atom. The van der Waals surface area contributed by atoms with Crippen LogP contribution in [0.25, 0.3) is 10.9 Å². The van der Waals surface area contributed by atoms with Crippen LogP contribution < -0.4 is 11.1 Å². The van der Waals surface area contributed by atoms with Crippen molar-refractivity contribution in [2.24, 2.45) is 5.73 Å². The van der Waals surface area contributed by atoms with E-state index in [-0.39, 0.29) is 5.91 Å². The van der Waals surface area contributed by atoms with Crippen LogP contribution in [0.1, 0.15) is 11.6 Å². The molecule has 3 rings (SSSR count). The second kappa shape index (κ2) is 5.73. The van der Waals surface area contributed by atoms with Crippen LogP contribution in [-0.4, -0.2) is 10.9 Å². The van der Waals surface area contributed by atoms with E-state index < -0.39 is 6.04 Å². The molecule has 4 nitrogen and oxygen atoms in total. The lowest BCUT2D eigenvalue weighted by Gasteiger charge is -2.13. The van der Waals surface area contributed by atoms with Crippen molar-refractivity contribution in [1.82, 2.24) is 4.98 Å². The minimum atomic E-state index is -0.696. The molecule has 1 amide bonds. The van der Waals surface area contributed by atoms with Crippen molar-refractivity contribution in [2.45, 2.75) is 6.04 Å². The lowest BCUT2D eigenvalue weighted by molar-refractivity contribution is -0.117. The Kier molecular flexibility index (Phi) is 3.62. The fourth-order valence-corrected chi connectivity index (χ4v) is 2.23. The molecule has 0 bridgehead atoms. The summed E-state index contributed by atoms with van der Waals surface area (Å²) in [7, 11) is 0. The van der Waals surface area contributed by atoms with Gasteiger partial charge >= 0.3 is 0 Å². The Balaban J connectivity index is 1.87. The highest BCUT2D eigenvalue weighted by molar-refractivity contribution is 6.03. The Morgan fingerprint density at radius 1 is 1.00 bits per heavy atom. The summed E-state index contributed by atoms with van der Waals surface area (Å²) in [5, 5.41) is 3.78. The molecule has 3 aromatic rings. The monoisotopic (exact) mass is 277 g/mol. The summed E-state index contributed by atoms with van der Waals surface area (Å²) in [6, 6.07) is 18.0. The maximum atomic E-state index is 12.3. The molecule has 0 saturated heterocycles. The molecule has 0 aliphatic carbocycles. The van der Waals surface area contributed by atoms with Crippen molar-refractivity contribution in [1.29, 1.82) is 0 Å². The van der Waals surface area contributed by atoms with E-state index in [0.717, 1.165) is 22.2 Å². The maximum Gasteiger partial charge on any atom is 0.245 e. The lowest BCUT2D eigenvalue weighted by atomic mass is 10.1. The van der Waals surface area contributed by atoms with Crippen LogP contribution in [0, 0.1) is 0 Å². The van der Waals surface area contributed by atoms with Crippen molar-refractivity contribution < 1.29 is 4.79 Å². The van der Waals surface area contributed by atoms with Crippen LogP contribution in [-0.2, 0) is 4.79 Å². The molecular formula is C17H15N3O. The Labute approximate surface area is 122 Å². The molecule has 1 atom stereocenters. The Hall–Kier alpha value is -2.72. The molecule has 1 heterocycles. The minimum absolute atomic E-state index is 0.238. The number of anilines is 1. The summed E-state index contributed by atoms with van der Waals surface area (Å²) < 4.78 is 0. The molecule has 3 N–H and O–H groups in total. The summed E-state index contributed by atoms with van der Waals surface area (Å²) in [6.07, 6.45) is 1.73. The van der Waals surface area contributed by atoms with Crippen molar-refractivity contribution >= 4 is 22.5 Å². The van der Waals surface area contributed by atoms with Gasteiger partial charge in [0.15, 0.2) is 0 Å². The van der Waals surface area contributed by atoms with Crippen LogP contribution in [0.3, 0.4) is 0 Å². The quantitative estimate of drug-likeness (QED) is 0.773. The minimum Gasteiger partial charge on any atom is -0.324 e. The number of nitrogens with zero attached hydrogens (tertiary/aromatic N) is 1. The van der Waals surface area contributed by atoms with E-state index in [0.29, 0.717) is 0 Å². The van der Waals surface area contributed by atoms with Gasteiger partial charge in [0, 0.05) is 11.6 Å². The number of pyridine rings is 1. The zero-order chi connectivity index (χ0) is 14.7. The van der Waals surface area contributed by atoms with Crippen LogP contribution >= 0.6 is 0 Å². The van der Waals surface area contributed by atoms with Gasteiger partial charge in [-0.1, -0.05) is 36.4 Å². The van der Waals surface area contributed by atoms with Gasteiger partial charge < -0.3 is 11.1 Å². The molecule has 1 aromatic heterocycles. The summed E-state index contributed by atoms with van der Waals surface area (Å²) in [6.45, 7) is 0. The molecule has 4 heteroatoms. The normalized spacial score (nSPS) is 12.0. The van der Waals surface area contributed by atoms with Crippen LogP contribution in [0.4, 0.5) is 5.69 Å². The van der Waals surface area contributed by atoms with Gasteiger partial charge in [0.25, 0.3) is 0 Å². The first-order valence-electron chi connectivity index (χ1n) is 6.71. The van der Waals surface area contributed by atoms with Gasteiger partial charge in [0.1, 0.15) is 6.04 Å². The van der Waals surface area contributed by atoms with E-state index in [1.165, 1.54) is 0 Å². The number of nitrogens with one attached hydrogen (secondary N) is 1. The molecule has 21 heavy (non-hydrogen) atoms. The zero-order valence-corrected chi connectivity index (χ0v) is 11.4. The fourth-order valence-electron chi connectivity index (χ4n) is 2.23. The summed E-state index contributed by atoms with van der Waals surface area (Å²) in [4.78, 5) is 16.6. The van der Waals surface area contributed by atoms with E-state index in [4.69, 9.17) is 5.73 Å². The average Bonchev–Trinajstić information content (AvgIpc) is 2.55. The van der Waals surface area contributed by atoms with Gasteiger partial charge in [-0.25, -0.2) is 0 Å². The Morgan fingerprint density at radius 3 is 2.62 bits per heavy atom. The number of nitrogens with two attached hydrogens (primary N) is 1. The van der Waals surface area contributed by atoms with Gasteiger partial charge in [-0.15, -0.1) is 0 Å². The summed E-state index contributed by atoms with van der Waals surface area (Å²) in [5.74, 6) is -0.238. The van der Waals surface area contributed by atoms with Crippen molar-refractivity contribution in [3.63, 3.8) is 0 Å². The summed E-state index contributed by atoms with van der Waals surface area (Å²) >= 11 is 0. The first-order chi connectivity index (χ1) is 10.3. The molecule has 0 aliphatic rings. The standard InChI is InChI=1S/C17H15N3O/c18-16(12-6-2-1-3-7-12)17(21)20-15-10-4-9-14-13(15)8-5-11-19-14/h1-11,16H,18H2,(H,20,21). The van der Waals surface area contributed by atoms with Gasteiger partial charge in [0.2, 0.25) is 5.91 Å². The second-order valence-electron chi connectivity index (χ2n) is 4.75. The third-order valence-corrected chi connectivity index (χ3v) is 3.34.